The Kier molecular flexibility index (Phi) is 3.99. The average Bonchev–Trinajstić information content (AvgIpc) is 2.30. The molecular weight excluding hydrogens is 216 g/mol. The largest absolute Gasteiger partial charge is 0.465 e. The summed E-state index contributed by atoms with van der Waals surface area (Å²) in [4.78, 5) is 11.6. The van der Waals surface area contributed by atoms with Crippen molar-refractivity contribution >= 4 is 17.3 Å². The average molecular weight is 236 g/mol. The molecule has 0 aliphatic heterocycles. The van der Waals surface area contributed by atoms with E-state index in [1.807, 2.05) is 0 Å². The molecule has 94 valence electrons. The van der Waals surface area contributed by atoms with Crippen molar-refractivity contribution in [2.24, 2.45) is 0 Å². The van der Waals surface area contributed by atoms with E-state index >= 15 is 0 Å². The number of rotatable bonds is 4. The maximum atomic E-state index is 11.6. The number of nitrogens with one attached hydrogen (secondary N) is 1. The van der Waals surface area contributed by atoms with Crippen LogP contribution in [0.3, 0.4) is 0 Å². The Morgan fingerprint density at radius 3 is 2.65 bits per heavy atom. The van der Waals surface area contributed by atoms with Crippen molar-refractivity contribution in [2.45, 2.75) is 32.7 Å². The number of nitrogens with two attached hydrogens (primary N) is 1. The molecular formula is C13H20N2O2. The van der Waals surface area contributed by atoms with Crippen LogP contribution in [0, 0.1) is 0 Å². The van der Waals surface area contributed by atoms with E-state index in [4.69, 9.17) is 10.5 Å². The maximum absolute atomic E-state index is 11.6. The highest BCUT2D eigenvalue weighted by Gasteiger charge is 2.20. The minimum absolute atomic E-state index is 0.127. The van der Waals surface area contributed by atoms with Gasteiger partial charge in [0.25, 0.3) is 0 Å². The second-order valence-corrected chi connectivity index (χ2v) is 4.62. The zero-order chi connectivity index (χ0) is 13.1. The standard InChI is InChI=1S/C13H20N2O2/c1-5-13(2,3)15-11-9(12(16)17-4)7-6-8-10(11)14/h6-8,15H,5,14H2,1-4H3. The van der Waals surface area contributed by atoms with E-state index in [1.165, 1.54) is 7.11 Å². The van der Waals surface area contributed by atoms with Crippen LogP contribution in [0.25, 0.3) is 0 Å². The van der Waals surface area contributed by atoms with E-state index in [0.717, 1.165) is 6.42 Å². The van der Waals surface area contributed by atoms with Crippen LogP contribution >= 0.6 is 0 Å². The molecule has 0 unspecified atom stereocenters. The molecule has 1 aromatic rings. The highest BCUT2D eigenvalue weighted by molar-refractivity contribution is 5.98. The lowest BCUT2D eigenvalue weighted by molar-refractivity contribution is 0.0602. The molecule has 4 nitrogen and oxygen atoms in total. The quantitative estimate of drug-likeness (QED) is 0.623. The number of anilines is 2. The van der Waals surface area contributed by atoms with E-state index in [1.54, 1.807) is 18.2 Å². The summed E-state index contributed by atoms with van der Waals surface area (Å²) in [7, 11) is 1.36. The molecule has 0 saturated carbocycles. The maximum Gasteiger partial charge on any atom is 0.340 e. The minimum Gasteiger partial charge on any atom is -0.465 e. The van der Waals surface area contributed by atoms with Gasteiger partial charge in [-0.15, -0.1) is 0 Å². The number of hydrogen-bond donors (Lipinski definition) is 2. The third-order valence-corrected chi connectivity index (χ3v) is 2.85. The lowest BCUT2D eigenvalue weighted by atomic mass is 10.00. The second kappa shape index (κ2) is 5.08. The molecule has 3 N–H and O–H groups in total. The molecule has 1 aromatic carbocycles. The molecule has 0 aliphatic carbocycles. The lowest BCUT2D eigenvalue weighted by Crippen LogP contribution is -2.31. The zero-order valence-electron chi connectivity index (χ0n) is 10.8. The van der Waals surface area contributed by atoms with Crippen LogP contribution in [0.15, 0.2) is 18.2 Å². The number of esters is 1. The Morgan fingerprint density at radius 1 is 1.47 bits per heavy atom. The lowest BCUT2D eigenvalue weighted by Gasteiger charge is -2.27. The number of ether oxygens (including phenoxy) is 1. The summed E-state index contributed by atoms with van der Waals surface area (Å²) < 4.78 is 4.75. The molecule has 0 amide bonds. The van der Waals surface area contributed by atoms with E-state index in [-0.39, 0.29) is 11.5 Å². The summed E-state index contributed by atoms with van der Waals surface area (Å²) in [6.07, 6.45) is 0.919. The van der Waals surface area contributed by atoms with Crippen molar-refractivity contribution in [3.05, 3.63) is 23.8 Å². The molecule has 0 spiro atoms. The van der Waals surface area contributed by atoms with Gasteiger partial charge in [0.1, 0.15) is 0 Å². The van der Waals surface area contributed by atoms with Crippen LogP contribution in [0.5, 0.6) is 0 Å². The second-order valence-electron chi connectivity index (χ2n) is 4.62. The fourth-order valence-corrected chi connectivity index (χ4v) is 1.42. The van der Waals surface area contributed by atoms with Crippen molar-refractivity contribution in [3.63, 3.8) is 0 Å². The monoisotopic (exact) mass is 236 g/mol. The summed E-state index contributed by atoms with van der Waals surface area (Å²) in [6, 6.07) is 5.21. The number of benzene rings is 1. The Morgan fingerprint density at radius 2 is 2.12 bits per heavy atom. The van der Waals surface area contributed by atoms with Gasteiger partial charge in [0.05, 0.1) is 24.0 Å². The van der Waals surface area contributed by atoms with Crippen LogP contribution in [0.4, 0.5) is 11.4 Å². The number of nitrogen functional groups attached to an aromatic ring is 1. The molecule has 0 fully saturated rings. The highest BCUT2D eigenvalue weighted by Crippen LogP contribution is 2.28. The first-order valence-corrected chi connectivity index (χ1v) is 5.66. The molecule has 0 aromatic heterocycles. The smallest absolute Gasteiger partial charge is 0.340 e. The molecule has 4 heteroatoms. The molecule has 17 heavy (non-hydrogen) atoms. The van der Waals surface area contributed by atoms with Crippen molar-refractivity contribution in [1.82, 2.24) is 0 Å². The number of carbonyl (C=O) groups excluding carboxylic acids is 1. The van der Waals surface area contributed by atoms with Crippen LogP contribution in [-0.2, 0) is 4.74 Å². The third-order valence-electron chi connectivity index (χ3n) is 2.85. The number of para-hydroxylation sites is 1. The van der Waals surface area contributed by atoms with Gasteiger partial charge < -0.3 is 15.8 Å². The van der Waals surface area contributed by atoms with Crippen molar-refractivity contribution < 1.29 is 9.53 Å². The molecule has 0 aliphatic rings. The Balaban J connectivity index is 3.17. The number of methoxy groups -OCH3 is 1. The van der Waals surface area contributed by atoms with Gasteiger partial charge in [0, 0.05) is 5.54 Å². The minimum atomic E-state index is -0.383. The van der Waals surface area contributed by atoms with Crippen molar-refractivity contribution in [2.75, 3.05) is 18.2 Å². The van der Waals surface area contributed by atoms with Gasteiger partial charge in [-0.05, 0) is 32.4 Å². The summed E-state index contributed by atoms with van der Waals surface area (Å²) in [5.41, 5.74) is 7.44. The molecule has 1 rings (SSSR count). The molecule has 0 saturated heterocycles. The summed E-state index contributed by atoms with van der Waals surface area (Å²) in [6.45, 7) is 6.19. The van der Waals surface area contributed by atoms with Gasteiger partial charge in [-0.3, -0.25) is 0 Å². The predicted octanol–water partition coefficient (Wildman–Crippen LogP) is 2.66. The topological polar surface area (TPSA) is 64.3 Å². The van der Waals surface area contributed by atoms with Crippen LogP contribution in [0.2, 0.25) is 0 Å². The first-order chi connectivity index (χ1) is 7.91. The van der Waals surface area contributed by atoms with E-state index in [9.17, 15) is 4.79 Å². The molecule has 0 bridgehead atoms. The Hall–Kier alpha value is -1.71. The van der Waals surface area contributed by atoms with Gasteiger partial charge >= 0.3 is 5.97 Å². The first kappa shape index (κ1) is 13.4. The molecule has 0 heterocycles. The van der Waals surface area contributed by atoms with Gasteiger partial charge in [-0.2, -0.15) is 0 Å². The van der Waals surface area contributed by atoms with Gasteiger partial charge in [0.2, 0.25) is 0 Å². The molecule has 0 radical (unpaired) electrons. The highest BCUT2D eigenvalue weighted by atomic mass is 16.5. The van der Waals surface area contributed by atoms with Crippen LogP contribution < -0.4 is 11.1 Å². The number of hydrogen-bond acceptors (Lipinski definition) is 4. The summed E-state index contributed by atoms with van der Waals surface area (Å²) >= 11 is 0. The van der Waals surface area contributed by atoms with Crippen molar-refractivity contribution in [1.29, 1.82) is 0 Å². The normalized spacial score (nSPS) is 11.1. The fraction of sp³-hybridized carbons (Fsp3) is 0.462. The van der Waals surface area contributed by atoms with E-state index in [0.29, 0.717) is 16.9 Å². The Bertz CT molecular complexity index is 414. The number of carbonyl (C=O) groups is 1. The summed E-state index contributed by atoms with van der Waals surface area (Å²) in [5, 5.41) is 3.29. The van der Waals surface area contributed by atoms with Gasteiger partial charge in [0.15, 0.2) is 0 Å². The Labute approximate surface area is 102 Å². The van der Waals surface area contributed by atoms with Gasteiger partial charge in [-0.25, -0.2) is 4.79 Å². The van der Waals surface area contributed by atoms with Gasteiger partial charge in [-0.1, -0.05) is 13.0 Å². The predicted molar refractivity (Wildman–Crippen MR) is 70.2 cm³/mol. The van der Waals surface area contributed by atoms with Crippen LogP contribution in [-0.4, -0.2) is 18.6 Å². The van der Waals surface area contributed by atoms with Crippen molar-refractivity contribution in [3.8, 4) is 0 Å². The first-order valence-electron chi connectivity index (χ1n) is 5.66. The molecule has 0 atom stereocenters. The van der Waals surface area contributed by atoms with Crippen LogP contribution in [0.1, 0.15) is 37.6 Å². The zero-order valence-corrected chi connectivity index (χ0v) is 10.8. The summed E-state index contributed by atoms with van der Waals surface area (Å²) in [5.74, 6) is -0.383. The van der Waals surface area contributed by atoms with E-state index in [2.05, 4.69) is 26.1 Å². The fourth-order valence-electron chi connectivity index (χ4n) is 1.42. The SMILES string of the molecule is CCC(C)(C)Nc1c(N)cccc1C(=O)OC. The third kappa shape index (κ3) is 3.12. The van der Waals surface area contributed by atoms with E-state index < -0.39 is 0 Å².